The molecule has 2 amide bonds. The van der Waals surface area contributed by atoms with Gasteiger partial charge in [0.05, 0.1) is 6.07 Å². The molecule has 0 radical (unpaired) electrons. The average molecular weight is 252 g/mol. The molecule has 0 spiro atoms. The SMILES string of the molecule is CCN1CCC(CNC(=O)C(=O)NCC#N)CC1. The number of amides is 2. The minimum absolute atomic E-state index is 0.138. The molecule has 0 atom stereocenters. The van der Waals surface area contributed by atoms with E-state index in [0.29, 0.717) is 12.5 Å². The van der Waals surface area contributed by atoms with Crippen LogP contribution in [0.5, 0.6) is 0 Å². The number of nitrogens with one attached hydrogen (secondary N) is 2. The van der Waals surface area contributed by atoms with Gasteiger partial charge in [-0.3, -0.25) is 9.59 Å². The third-order valence-electron chi connectivity index (χ3n) is 3.24. The molecule has 0 aliphatic carbocycles. The van der Waals surface area contributed by atoms with Crippen molar-refractivity contribution < 1.29 is 9.59 Å². The molecule has 2 N–H and O–H groups in total. The molecule has 1 heterocycles. The first-order chi connectivity index (χ1) is 8.67. The van der Waals surface area contributed by atoms with E-state index >= 15 is 0 Å². The van der Waals surface area contributed by atoms with Crippen LogP contribution in [0.15, 0.2) is 0 Å². The van der Waals surface area contributed by atoms with Crippen molar-refractivity contribution in [3.63, 3.8) is 0 Å². The van der Waals surface area contributed by atoms with Gasteiger partial charge >= 0.3 is 11.8 Å². The lowest BCUT2D eigenvalue weighted by molar-refractivity contribution is -0.139. The van der Waals surface area contributed by atoms with Crippen LogP contribution in [0.3, 0.4) is 0 Å². The van der Waals surface area contributed by atoms with Crippen LogP contribution >= 0.6 is 0 Å². The highest BCUT2D eigenvalue weighted by molar-refractivity contribution is 6.35. The van der Waals surface area contributed by atoms with E-state index in [2.05, 4.69) is 22.5 Å². The topological polar surface area (TPSA) is 85.2 Å². The van der Waals surface area contributed by atoms with Crippen LogP contribution < -0.4 is 10.6 Å². The van der Waals surface area contributed by atoms with E-state index in [9.17, 15) is 9.59 Å². The lowest BCUT2D eigenvalue weighted by Gasteiger charge is -2.30. The second-order valence-corrected chi connectivity index (χ2v) is 4.43. The fraction of sp³-hybridized carbons (Fsp3) is 0.750. The van der Waals surface area contributed by atoms with Crippen LogP contribution in [-0.2, 0) is 9.59 Å². The van der Waals surface area contributed by atoms with E-state index in [1.165, 1.54) is 0 Å². The van der Waals surface area contributed by atoms with Crippen LogP contribution in [0.2, 0.25) is 0 Å². The maximum Gasteiger partial charge on any atom is 0.310 e. The third kappa shape index (κ3) is 4.72. The van der Waals surface area contributed by atoms with Crippen LogP contribution in [0.1, 0.15) is 19.8 Å². The fourth-order valence-electron chi connectivity index (χ4n) is 2.02. The van der Waals surface area contributed by atoms with Gasteiger partial charge in [0.1, 0.15) is 6.54 Å². The van der Waals surface area contributed by atoms with Crippen molar-refractivity contribution in [2.45, 2.75) is 19.8 Å². The number of carbonyl (C=O) groups excluding carboxylic acids is 2. The number of likely N-dealkylation sites (tertiary alicyclic amines) is 1. The second kappa shape index (κ2) is 7.67. The highest BCUT2D eigenvalue weighted by Crippen LogP contribution is 2.15. The molecule has 0 aromatic carbocycles. The smallest absolute Gasteiger partial charge is 0.310 e. The molecule has 0 aromatic rings. The lowest BCUT2D eigenvalue weighted by Crippen LogP contribution is -2.43. The zero-order chi connectivity index (χ0) is 13.4. The molecule has 1 saturated heterocycles. The van der Waals surface area contributed by atoms with Gasteiger partial charge in [-0.2, -0.15) is 5.26 Å². The number of piperidine rings is 1. The maximum absolute atomic E-state index is 11.4. The summed E-state index contributed by atoms with van der Waals surface area (Å²) in [6.07, 6.45) is 2.10. The summed E-state index contributed by atoms with van der Waals surface area (Å²) < 4.78 is 0. The quantitative estimate of drug-likeness (QED) is 0.520. The normalized spacial score (nSPS) is 16.9. The standard InChI is InChI=1S/C12H20N4O2/c1-2-16-7-3-10(4-8-16)9-15-12(18)11(17)14-6-5-13/h10H,2-4,6-9H2,1H3,(H,14,17)(H,15,18). The highest BCUT2D eigenvalue weighted by atomic mass is 16.2. The molecule has 1 fully saturated rings. The van der Waals surface area contributed by atoms with Crippen LogP contribution in [-0.4, -0.2) is 49.4 Å². The summed E-state index contributed by atoms with van der Waals surface area (Å²) in [5.41, 5.74) is 0. The van der Waals surface area contributed by atoms with Crippen molar-refractivity contribution in [3.8, 4) is 6.07 Å². The minimum Gasteiger partial charge on any atom is -0.348 e. The maximum atomic E-state index is 11.4. The van der Waals surface area contributed by atoms with E-state index in [-0.39, 0.29) is 6.54 Å². The number of nitriles is 1. The Morgan fingerprint density at radius 1 is 1.28 bits per heavy atom. The number of carbonyl (C=O) groups is 2. The Morgan fingerprint density at radius 2 is 1.89 bits per heavy atom. The summed E-state index contributed by atoms with van der Waals surface area (Å²) in [5.74, 6) is -0.939. The van der Waals surface area contributed by atoms with E-state index in [1.54, 1.807) is 6.07 Å². The molecule has 6 nitrogen and oxygen atoms in total. The molecule has 0 bridgehead atoms. The first kappa shape index (κ1) is 14.5. The molecule has 0 unspecified atom stereocenters. The van der Waals surface area contributed by atoms with Gasteiger partial charge in [0.15, 0.2) is 0 Å². The van der Waals surface area contributed by atoms with Crippen LogP contribution in [0.25, 0.3) is 0 Å². The van der Waals surface area contributed by atoms with Crippen molar-refractivity contribution in [2.24, 2.45) is 5.92 Å². The molecule has 1 aliphatic rings. The number of hydrogen-bond donors (Lipinski definition) is 2. The minimum atomic E-state index is -0.734. The van der Waals surface area contributed by atoms with Crippen molar-refractivity contribution in [1.82, 2.24) is 15.5 Å². The van der Waals surface area contributed by atoms with Crippen molar-refractivity contribution in [1.29, 1.82) is 5.26 Å². The van der Waals surface area contributed by atoms with Gasteiger partial charge in [-0.05, 0) is 38.4 Å². The molecular weight excluding hydrogens is 232 g/mol. The molecule has 18 heavy (non-hydrogen) atoms. The van der Waals surface area contributed by atoms with Gasteiger partial charge < -0.3 is 15.5 Å². The molecule has 0 saturated carbocycles. The zero-order valence-corrected chi connectivity index (χ0v) is 10.7. The molecule has 6 heteroatoms. The Bertz CT molecular complexity index is 329. The van der Waals surface area contributed by atoms with Gasteiger partial charge in [-0.25, -0.2) is 0 Å². The predicted molar refractivity (Wildman–Crippen MR) is 66.5 cm³/mol. The number of nitrogens with zero attached hydrogens (tertiary/aromatic N) is 2. The Labute approximate surface area is 107 Å². The van der Waals surface area contributed by atoms with Crippen molar-refractivity contribution in [2.75, 3.05) is 32.7 Å². The predicted octanol–water partition coefficient (Wildman–Crippen LogP) is -0.526. The number of rotatable bonds is 4. The fourth-order valence-corrected chi connectivity index (χ4v) is 2.02. The van der Waals surface area contributed by atoms with E-state index in [4.69, 9.17) is 5.26 Å². The van der Waals surface area contributed by atoms with Gasteiger partial charge in [-0.15, -0.1) is 0 Å². The Hall–Kier alpha value is -1.61. The van der Waals surface area contributed by atoms with Gasteiger partial charge in [0, 0.05) is 6.54 Å². The van der Waals surface area contributed by atoms with E-state index < -0.39 is 11.8 Å². The molecule has 1 rings (SSSR count). The Morgan fingerprint density at radius 3 is 2.44 bits per heavy atom. The Balaban J connectivity index is 2.19. The van der Waals surface area contributed by atoms with Gasteiger partial charge in [0.25, 0.3) is 0 Å². The van der Waals surface area contributed by atoms with Crippen molar-refractivity contribution in [3.05, 3.63) is 0 Å². The Kier molecular flexibility index (Phi) is 6.15. The first-order valence-electron chi connectivity index (χ1n) is 6.32. The monoisotopic (exact) mass is 252 g/mol. The van der Waals surface area contributed by atoms with E-state index in [1.807, 2.05) is 0 Å². The summed E-state index contributed by atoms with van der Waals surface area (Å²) in [4.78, 5) is 24.9. The molecular formula is C12H20N4O2. The summed E-state index contributed by atoms with van der Waals surface area (Å²) >= 11 is 0. The summed E-state index contributed by atoms with van der Waals surface area (Å²) in [7, 11) is 0. The zero-order valence-electron chi connectivity index (χ0n) is 10.7. The third-order valence-corrected chi connectivity index (χ3v) is 3.24. The van der Waals surface area contributed by atoms with Crippen LogP contribution in [0.4, 0.5) is 0 Å². The second-order valence-electron chi connectivity index (χ2n) is 4.43. The van der Waals surface area contributed by atoms with E-state index in [0.717, 1.165) is 32.5 Å². The molecule has 0 aromatic heterocycles. The largest absolute Gasteiger partial charge is 0.348 e. The molecule has 1 aliphatic heterocycles. The highest BCUT2D eigenvalue weighted by Gasteiger charge is 2.20. The van der Waals surface area contributed by atoms with Crippen molar-refractivity contribution >= 4 is 11.8 Å². The first-order valence-corrected chi connectivity index (χ1v) is 6.32. The van der Waals surface area contributed by atoms with Gasteiger partial charge in [0.2, 0.25) is 0 Å². The molecule has 100 valence electrons. The summed E-state index contributed by atoms with van der Waals surface area (Å²) in [5, 5.41) is 13.1. The van der Waals surface area contributed by atoms with Crippen LogP contribution in [0, 0.1) is 17.2 Å². The lowest BCUT2D eigenvalue weighted by atomic mass is 9.97. The average Bonchev–Trinajstić information content (AvgIpc) is 2.42. The number of hydrogen-bond acceptors (Lipinski definition) is 4. The van der Waals surface area contributed by atoms with Gasteiger partial charge in [-0.1, -0.05) is 6.92 Å². The summed E-state index contributed by atoms with van der Waals surface area (Å²) in [6.45, 7) is 5.71. The summed E-state index contributed by atoms with van der Waals surface area (Å²) in [6, 6.07) is 1.75.